The highest BCUT2D eigenvalue weighted by atomic mass is 32.3. The molecule has 2 rings (SSSR count). The first kappa shape index (κ1) is 17.7. The maximum Gasteiger partial charge on any atom is 0.288 e. The van der Waals surface area contributed by atoms with E-state index in [2.05, 4.69) is 5.32 Å². The van der Waals surface area contributed by atoms with Gasteiger partial charge in [-0.25, -0.2) is 22.0 Å². The SMILES string of the molecule is CC1CC(NCC(O)(O)O)c2cc(S(N)(=O)=O)sc2S1(=O)=O. The van der Waals surface area contributed by atoms with Gasteiger partial charge < -0.3 is 20.6 Å². The number of nitrogens with one attached hydrogen (secondary N) is 1. The molecule has 1 aromatic rings. The molecular formula is C10H16N2O7S3. The first-order valence-corrected chi connectivity index (χ1v) is 10.0. The fourth-order valence-corrected chi connectivity index (χ4v) is 6.61. The molecule has 0 bridgehead atoms. The Hall–Kier alpha value is -0.600. The molecule has 2 atom stereocenters. The van der Waals surface area contributed by atoms with Crippen molar-refractivity contribution < 1.29 is 32.2 Å². The molecule has 0 aromatic carbocycles. The van der Waals surface area contributed by atoms with E-state index in [1.165, 1.54) is 6.92 Å². The number of aliphatic hydroxyl groups is 3. The number of thiophene rings is 1. The van der Waals surface area contributed by atoms with Crippen LogP contribution >= 0.6 is 11.3 Å². The van der Waals surface area contributed by atoms with Crippen LogP contribution in [-0.4, -0.2) is 49.9 Å². The van der Waals surface area contributed by atoms with E-state index >= 15 is 0 Å². The molecular weight excluding hydrogens is 356 g/mol. The minimum atomic E-state index is -4.05. The van der Waals surface area contributed by atoms with Gasteiger partial charge in [-0.2, -0.15) is 0 Å². The lowest BCUT2D eigenvalue weighted by molar-refractivity contribution is -0.307. The fraction of sp³-hybridized carbons (Fsp3) is 0.600. The van der Waals surface area contributed by atoms with Crippen molar-refractivity contribution in [3.63, 3.8) is 0 Å². The number of sulfonamides is 1. The molecule has 0 spiro atoms. The maximum absolute atomic E-state index is 12.3. The highest BCUT2D eigenvalue weighted by Crippen LogP contribution is 2.42. The van der Waals surface area contributed by atoms with Crippen LogP contribution in [0.1, 0.15) is 24.9 Å². The monoisotopic (exact) mass is 372 g/mol. The largest absolute Gasteiger partial charge is 0.343 e. The molecule has 0 aliphatic carbocycles. The number of fused-ring (bicyclic) bond motifs is 1. The van der Waals surface area contributed by atoms with Crippen molar-refractivity contribution in [1.82, 2.24) is 5.32 Å². The van der Waals surface area contributed by atoms with E-state index in [0.717, 1.165) is 6.07 Å². The summed E-state index contributed by atoms with van der Waals surface area (Å²) in [6.07, 6.45) is 0.0895. The second kappa shape index (κ2) is 5.49. The number of primary sulfonamides is 1. The average molecular weight is 372 g/mol. The first-order valence-electron chi connectivity index (χ1n) is 6.13. The van der Waals surface area contributed by atoms with E-state index in [9.17, 15) is 16.8 Å². The zero-order chi connectivity index (χ0) is 16.9. The van der Waals surface area contributed by atoms with E-state index in [1.54, 1.807) is 0 Å². The van der Waals surface area contributed by atoms with E-state index in [-0.39, 0.29) is 20.4 Å². The quantitative estimate of drug-likeness (QED) is 0.387. The summed E-state index contributed by atoms with van der Waals surface area (Å²) < 4.78 is 47.0. The smallest absolute Gasteiger partial charge is 0.288 e. The molecule has 1 aliphatic rings. The predicted octanol–water partition coefficient (Wildman–Crippen LogP) is -1.78. The van der Waals surface area contributed by atoms with Gasteiger partial charge in [-0.3, -0.25) is 0 Å². The van der Waals surface area contributed by atoms with Crippen LogP contribution in [-0.2, 0) is 19.9 Å². The van der Waals surface area contributed by atoms with Gasteiger partial charge >= 0.3 is 0 Å². The van der Waals surface area contributed by atoms with E-state index in [1.807, 2.05) is 0 Å². The van der Waals surface area contributed by atoms with Crippen molar-refractivity contribution >= 4 is 31.2 Å². The predicted molar refractivity (Wildman–Crippen MR) is 77.1 cm³/mol. The van der Waals surface area contributed by atoms with Crippen molar-refractivity contribution in [1.29, 1.82) is 0 Å². The molecule has 1 aromatic heterocycles. The zero-order valence-electron chi connectivity index (χ0n) is 11.4. The molecule has 2 heterocycles. The van der Waals surface area contributed by atoms with Gasteiger partial charge in [0.05, 0.1) is 11.8 Å². The second-order valence-corrected chi connectivity index (χ2v) is 10.6. The van der Waals surface area contributed by atoms with E-state index < -0.39 is 43.7 Å². The summed E-state index contributed by atoms with van der Waals surface area (Å²) in [4.78, 5) is 0. The van der Waals surface area contributed by atoms with Crippen LogP contribution in [0.3, 0.4) is 0 Å². The first-order chi connectivity index (χ1) is 9.82. The third-order valence-electron chi connectivity index (χ3n) is 3.30. The highest BCUT2D eigenvalue weighted by molar-refractivity contribution is 7.95. The van der Waals surface area contributed by atoms with Crippen molar-refractivity contribution in [3.05, 3.63) is 11.6 Å². The Morgan fingerprint density at radius 1 is 1.45 bits per heavy atom. The minimum absolute atomic E-state index is 0.0895. The molecule has 6 N–H and O–H groups in total. The van der Waals surface area contributed by atoms with Crippen molar-refractivity contribution in [2.75, 3.05) is 6.54 Å². The molecule has 0 saturated heterocycles. The standard InChI is InChI=1S/C10H16N2O7S3/c1-5-2-7(12-4-10(13,14)15)6-3-8(22(11,18)19)20-9(6)21(5,16)17/h3,5,7,12-15H,2,4H2,1H3,(H2,11,18,19). The summed E-state index contributed by atoms with van der Waals surface area (Å²) in [5.74, 6) is -2.96. The van der Waals surface area contributed by atoms with Crippen LogP contribution in [0, 0.1) is 0 Å². The lowest BCUT2D eigenvalue weighted by Gasteiger charge is -2.29. The summed E-state index contributed by atoms with van der Waals surface area (Å²) in [5, 5.41) is 33.6. The Morgan fingerprint density at radius 2 is 2.05 bits per heavy atom. The molecule has 126 valence electrons. The van der Waals surface area contributed by atoms with Crippen LogP contribution in [0.4, 0.5) is 0 Å². The van der Waals surface area contributed by atoms with Gasteiger partial charge in [-0.1, -0.05) is 0 Å². The molecule has 0 fully saturated rings. The molecule has 0 saturated carbocycles. The lowest BCUT2D eigenvalue weighted by atomic mass is 10.0. The van der Waals surface area contributed by atoms with Crippen molar-refractivity contribution in [3.8, 4) is 0 Å². The lowest BCUT2D eigenvalue weighted by Crippen LogP contribution is -2.43. The molecule has 0 amide bonds. The van der Waals surface area contributed by atoms with Crippen molar-refractivity contribution in [2.24, 2.45) is 5.14 Å². The Balaban J connectivity index is 2.48. The fourth-order valence-electron chi connectivity index (χ4n) is 2.19. The van der Waals surface area contributed by atoms with Crippen LogP contribution in [0.2, 0.25) is 0 Å². The van der Waals surface area contributed by atoms with Gasteiger partial charge in [0.25, 0.3) is 5.97 Å². The normalized spacial score (nSPS) is 25.0. The van der Waals surface area contributed by atoms with Gasteiger partial charge in [-0.15, -0.1) is 11.3 Å². The Kier molecular flexibility index (Phi) is 4.43. The van der Waals surface area contributed by atoms with Gasteiger partial charge in [0, 0.05) is 11.6 Å². The topological polar surface area (TPSA) is 167 Å². The summed E-state index contributed by atoms with van der Waals surface area (Å²) in [6.45, 7) is 0.831. The Labute approximate surface area is 131 Å². The zero-order valence-corrected chi connectivity index (χ0v) is 13.9. The van der Waals surface area contributed by atoms with Gasteiger partial charge in [0.15, 0.2) is 9.84 Å². The van der Waals surface area contributed by atoms with Crippen LogP contribution in [0.15, 0.2) is 14.5 Å². The molecule has 0 radical (unpaired) electrons. The Morgan fingerprint density at radius 3 is 2.55 bits per heavy atom. The van der Waals surface area contributed by atoms with Crippen LogP contribution < -0.4 is 10.5 Å². The van der Waals surface area contributed by atoms with Gasteiger partial charge in [0.2, 0.25) is 10.0 Å². The minimum Gasteiger partial charge on any atom is -0.343 e. The maximum atomic E-state index is 12.3. The molecule has 2 unspecified atom stereocenters. The number of hydrogen-bond donors (Lipinski definition) is 5. The highest BCUT2D eigenvalue weighted by Gasteiger charge is 2.40. The Bertz CT molecular complexity index is 776. The number of nitrogens with two attached hydrogens (primary N) is 1. The number of sulfone groups is 1. The van der Waals surface area contributed by atoms with Crippen molar-refractivity contribution in [2.45, 2.75) is 39.0 Å². The van der Waals surface area contributed by atoms with Crippen LogP contribution in [0.25, 0.3) is 0 Å². The number of rotatable bonds is 4. The molecule has 9 nitrogen and oxygen atoms in total. The molecule has 1 aliphatic heterocycles. The second-order valence-electron chi connectivity index (χ2n) is 5.15. The third-order valence-corrected chi connectivity index (χ3v) is 8.62. The summed E-state index contributed by atoms with van der Waals surface area (Å²) in [7, 11) is -7.73. The van der Waals surface area contributed by atoms with Gasteiger partial charge in [0.1, 0.15) is 8.42 Å². The average Bonchev–Trinajstić information content (AvgIpc) is 2.77. The van der Waals surface area contributed by atoms with E-state index in [4.69, 9.17) is 20.5 Å². The molecule has 22 heavy (non-hydrogen) atoms. The number of hydrogen-bond acceptors (Lipinski definition) is 9. The van der Waals surface area contributed by atoms with Gasteiger partial charge in [-0.05, 0) is 19.4 Å². The summed E-state index contributed by atoms with van der Waals surface area (Å²) in [5.41, 5.74) is 0.191. The van der Waals surface area contributed by atoms with E-state index in [0.29, 0.717) is 11.3 Å². The van der Waals surface area contributed by atoms with Crippen LogP contribution in [0.5, 0.6) is 0 Å². The summed E-state index contributed by atoms with van der Waals surface area (Å²) in [6, 6.07) is 0.496. The summed E-state index contributed by atoms with van der Waals surface area (Å²) >= 11 is 0.562. The molecule has 12 heteroatoms. The third kappa shape index (κ3) is 3.49.